The second-order valence-corrected chi connectivity index (χ2v) is 5.58. The number of piperidine rings is 1. The van der Waals surface area contributed by atoms with Gasteiger partial charge in [0.25, 0.3) is 0 Å². The molecule has 6 heteroatoms. The van der Waals surface area contributed by atoms with Gasteiger partial charge < -0.3 is 16.0 Å². The lowest BCUT2D eigenvalue weighted by atomic mass is 9.94. The Morgan fingerprint density at radius 2 is 2.30 bits per heavy atom. The summed E-state index contributed by atoms with van der Waals surface area (Å²) < 4.78 is 14.3. The summed E-state index contributed by atoms with van der Waals surface area (Å²) in [5.74, 6) is -0.719. The Balaban J connectivity index is 2.18. The van der Waals surface area contributed by atoms with Crippen LogP contribution in [-0.4, -0.2) is 39.7 Å². The number of β-amino-alcohol motifs (C(OH)–C–C–N with tert-alkyl or cyclic N) is 1. The number of rotatable bonds is 3. The summed E-state index contributed by atoms with van der Waals surface area (Å²) >= 11 is 0. The molecule has 1 heterocycles. The first kappa shape index (κ1) is 14.7. The molecule has 1 unspecified atom stereocenters. The fraction of sp³-hybridized carbons (Fsp3) is 0.500. The van der Waals surface area contributed by atoms with Crippen molar-refractivity contribution in [2.24, 2.45) is 10.9 Å². The van der Waals surface area contributed by atoms with Gasteiger partial charge >= 0.3 is 0 Å². The third-order valence-electron chi connectivity index (χ3n) is 3.61. The van der Waals surface area contributed by atoms with Crippen LogP contribution >= 0.6 is 0 Å². The molecule has 0 spiro atoms. The third kappa shape index (κ3) is 3.26. The minimum Gasteiger partial charge on any atom is -0.409 e. The number of oxime groups is 1. The molecular formula is C14H20FN3O2. The highest BCUT2D eigenvalue weighted by Gasteiger charge is 2.28. The second kappa shape index (κ2) is 5.76. The summed E-state index contributed by atoms with van der Waals surface area (Å²) in [6, 6.07) is 4.82. The number of halogens is 1. The number of likely N-dealkylation sites (tertiary alicyclic amines) is 1. The molecule has 1 fully saturated rings. The van der Waals surface area contributed by atoms with Crippen molar-refractivity contribution in [2.45, 2.75) is 31.9 Å². The van der Waals surface area contributed by atoms with Gasteiger partial charge in [0, 0.05) is 18.7 Å². The third-order valence-corrected chi connectivity index (χ3v) is 3.61. The zero-order chi connectivity index (χ0) is 14.8. The zero-order valence-electron chi connectivity index (χ0n) is 11.5. The van der Waals surface area contributed by atoms with Gasteiger partial charge in [0.1, 0.15) is 5.82 Å². The first-order chi connectivity index (χ1) is 9.43. The van der Waals surface area contributed by atoms with Gasteiger partial charge in [-0.3, -0.25) is 4.90 Å². The molecule has 0 aliphatic carbocycles. The Hall–Kier alpha value is -1.66. The van der Waals surface area contributed by atoms with Gasteiger partial charge in [-0.05, 0) is 32.4 Å². The highest BCUT2D eigenvalue weighted by molar-refractivity contribution is 5.97. The molecule has 20 heavy (non-hydrogen) atoms. The van der Waals surface area contributed by atoms with Crippen LogP contribution in [0.4, 0.5) is 4.39 Å². The van der Waals surface area contributed by atoms with Crippen molar-refractivity contribution in [3.8, 4) is 0 Å². The fourth-order valence-corrected chi connectivity index (χ4v) is 2.65. The molecular weight excluding hydrogens is 261 g/mol. The van der Waals surface area contributed by atoms with Crippen LogP contribution in [0.25, 0.3) is 0 Å². The van der Waals surface area contributed by atoms with Crippen molar-refractivity contribution >= 4 is 5.84 Å². The summed E-state index contributed by atoms with van der Waals surface area (Å²) in [6.07, 6.45) is 1.64. The number of nitrogens with two attached hydrogens (primary N) is 1. The number of hydrogen-bond acceptors (Lipinski definition) is 4. The molecule has 0 saturated carbocycles. The van der Waals surface area contributed by atoms with Crippen LogP contribution in [0.5, 0.6) is 0 Å². The smallest absolute Gasteiger partial charge is 0.173 e. The fourth-order valence-electron chi connectivity index (χ4n) is 2.65. The Kier molecular flexibility index (Phi) is 4.25. The summed E-state index contributed by atoms with van der Waals surface area (Å²) in [7, 11) is 0. The van der Waals surface area contributed by atoms with Gasteiger partial charge in [-0.1, -0.05) is 17.3 Å². The van der Waals surface area contributed by atoms with Crippen molar-refractivity contribution in [3.05, 3.63) is 35.1 Å². The highest BCUT2D eigenvalue weighted by atomic mass is 19.1. The van der Waals surface area contributed by atoms with E-state index in [1.165, 1.54) is 6.07 Å². The molecule has 1 atom stereocenters. The maximum Gasteiger partial charge on any atom is 0.173 e. The minimum absolute atomic E-state index is 0.0915. The van der Waals surface area contributed by atoms with E-state index in [0.717, 1.165) is 19.4 Å². The number of nitrogens with zero attached hydrogens (tertiary/aromatic N) is 2. The largest absolute Gasteiger partial charge is 0.409 e. The van der Waals surface area contributed by atoms with E-state index in [2.05, 4.69) is 5.16 Å². The number of amidine groups is 1. The van der Waals surface area contributed by atoms with E-state index in [4.69, 9.17) is 10.9 Å². The Morgan fingerprint density at radius 1 is 1.55 bits per heavy atom. The Morgan fingerprint density at radius 3 is 2.95 bits per heavy atom. The standard InChI is InChI=1S/C14H20FN3O2/c1-14(19)6-3-7-18(9-14)8-10-4-2-5-11(12(10)15)13(16)17-20/h2,4-5,19-20H,3,6-9H2,1H3,(H2,16,17). The quantitative estimate of drug-likeness (QED) is 0.337. The summed E-state index contributed by atoms with van der Waals surface area (Å²) in [5.41, 5.74) is 5.29. The molecule has 1 aliphatic heterocycles. The highest BCUT2D eigenvalue weighted by Crippen LogP contribution is 2.23. The van der Waals surface area contributed by atoms with E-state index in [0.29, 0.717) is 18.7 Å². The van der Waals surface area contributed by atoms with Crippen LogP contribution in [0.1, 0.15) is 30.9 Å². The van der Waals surface area contributed by atoms with E-state index in [-0.39, 0.29) is 11.4 Å². The molecule has 5 nitrogen and oxygen atoms in total. The van der Waals surface area contributed by atoms with Crippen molar-refractivity contribution in [3.63, 3.8) is 0 Å². The van der Waals surface area contributed by atoms with Crippen LogP contribution in [0, 0.1) is 5.82 Å². The van der Waals surface area contributed by atoms with E-state index >= 15 is 0 Å². The molecule has 1 saturated heterocycles. The molecule has 0 bridgehead atoms. The van der Waals surface area contributed by atoms with Crippen LogP contribution < -0.4 is 5.73 Å². The topological polar surface area (TPSA) is 82.1 Å². The second-order valence-electron chi connectivity index (χ2n) is 5.58. The molecule has 4 N–H and O–H groups in total. The molecule has 1 aromatic rings. The number of benzene rings is 1. The van der Waals surface area contributed by atoms with E-state index < -0.39 is 11.4 Å². The van der Waals surface area contributed by atoms with Gasteiger partial charge in [0.05, 0.1) is 11.2 Å². The predicted octanol–water partition coefficient (Wildman–Crippen LogP) is 1.27. The zero-order valence-corrected chi connectivity index (χ0v) is 11.5. The first-order valence-corrected chi connectivity index (χ1v) is 6.63. The van der Waals surface area contributed by atoms with Gasteiger partial charge in [-0.25, -0.2) is 4.39 Å². The molecule has 1 aromatic carbocycles. The Labute approximate surface area is 117 Å². The van der Waals surface area contributed by atoms with Gasteiger partial charge in [0.15, 0.2) is 5.84 Å². The molecule has 0 radical (unpaired) electrons. The molecule has 1 aliphatic rings. The van der Waals surface area contributed by atoms with Crippen molar-refractivity contribution in [2.75, 3.05) is 13.1 Å². The van der Waals surface area contributed by atoms with Gasteiger partial charge in [0.2, 0.25) is 0 Å². The van der Waals surface area contributed by atoms with Crippen LogP contribution in [0.15, 0.2) is 23.4 Å². The van der Waals surface area contributed by atoms with E-state index in [1.807, 2.05) is 4.90 Å². The average molecular weight is 281 g/mol. The summed E-state index contributed by atoms with van der Waals surface area (Å²) in [4.78, 5) is 2.01. The lowest BCUT2D eigenvalue weighted by molar-refractivity contribution is -0.0184. The maximum absolute atomic E-state index is 14.3. The SMILES string of the molecule is CC1(O)CCCN(Cc2cccc(/C(N)=N/O)c2F)C1. The van der Waals surface area contributed by atoms with E-state index in [1.54, 1.807) is 19.1 Å². The monoisotopic (exact) mass is 281 g/mol. The Bertz CT molecular complexity index is 517. The lowest BCUT2D eigenvalue weighted by Crippen LogP contribution is -2.45. The van der Waals surface area contributed by atoms with E-state index in [9.17, 15) is 9.50 Å². The summed E-state index contributed by atoms with van der Waals surface area (Å²) in [6.45, 7) is 3.53. The predicted molar refractivity (Wildman–Crippen MR) is 74.0 cm³/mol. The molecule has 0 aromatic heterocycles. The molecule has 2 rings (SSSR count). The first-order valence-electron chi connectivity index (χ1n) is 6.63. The molecule has 0 amide bonds. The lowest BCUT2D eigenvalue weighted by Gasteiger charge is -2.36. The number of hydrogen-bond donors (Lipinski definition) is 3. The minimum atomic E-state index is -0.724. The summed E-state index contributed by atoms with van der Waals surface area (Å²) in [5, 5.41) is 21.5. The van der Waals surface area contributed by atoms with Crippen LogP contribution in [-0.2, 0) is 6.54 Å². The van der Waals surface area contributed by atoms with Gasteiger partial charge in [-0.15, -0.1) is 0 Å². The van der Waals surface area contributed by atoms with Crippen molar-refractivity contribution in [1.29, 1.82) is 0 Å². The van der Waals surface area contributed by atoms with Crippen LogP contribution in [0.3, 0.4) is 0 Å². The van der Waals surface area contributed by atoms with Gasteiger partial charge in [-0.2, -0.15) is 0 Å². The number of aliphatic hydroxyl groups is 1. The maximum atomic E-state index is 14.3. The molecule has 110 valence electrons. The van der Waals surface area contributed by atoms with Crippen LogP contribution in [0.2, 0.25) is 0 Å². The van der Waals surface area contributed by atoms with Crippen molar-refractivity contribution < 1.29 is 14.7 Å². The van der Waals surface area contributed by atoms with Crippen molar-refractivity contribution in [1.82, 2.24) is 4.90 Å². The normalized spacial score (nSPS) is 24.9. The average Bonchev–Trinajstić information content (AvgIpc) is 2.39.